The van der Waals surface area contributed by atoms with Gasteiger partial charge in [0.15, 0.2) is 0 Å². The Bertz CT molecular complexity index is 1230. The van der Waals surface area contributed by atoms with E-state index in [0.29, 0.717) is 28.5 Å². The number of tetrazole rings is 1. The fourth-order valence-corrected chi connectivity index (χ4v) is 3.46. The number of rotatable bonds is 6. The number of carbonyl (C=O) groups excluding carboxylic acids is 2. The average Bonchev–Trinajstić information content (AvgIpc) is 3.31. The number of nitrogens with one attached hydrogen (secondary N) is 2. The first kappa shape index (κ1) is 21.2. The molecule has 4 rings (SSSR count). The molecule has 0 atom stereocenters. The van der Waals surface area contributed by atoms with Crippen LogP contribution >= 0.6 is 11.8 Å². The predicted molar refractivity (Wildman–Crippen MR) is 120 cm³/mol. The molecule has 0 saturated carbocycles. The Morgan fingerprint density at radius 3 is 2.44 bits per heavy atom. The van der Waals surface area contributed by atoms with Crippen LogP contribution in [0.25, 0.3) is 11.4 Å². The van der Waals surface area contributed by atoms with Crippen molar-refractivity contribution in [2.75, 3.05) is 6.26 Å². The van der Waals surface area contributed by atoms with Crippen molar-refractivity contribution in [1.29, 1.82) is 0 Å². The SMILES string of the molecule is CSc1ncccc1C(=O)NNC(=O)c1ccc(Cn2nnc(-c3ccccc3)n2)cc1. The maximum absolute atomic E-state index is 12.4. The summed E-state index contributed by atoms with van der Waals surface area (Å²) in [5.41, 5.74) is 7.44. The first-order chi connectivity index (χ1) is 15.6. The zero-order chi connectivity index (χ0) is 22.3. The molecule has 10 heteroatoms. The van der Waals surface area contributed by atoms with Gasteiger partial charge >= 0.3 is 0 Å². The van der Waals surface area contributed by atoms with Crippen LogP contribution in [-0.4, -0.2) is 43.3 Å². The largest absolute Gasteiger partial charge is 0.272 e. The number of aromatic nitrogens is 5. The van der Waals surface area contributed by atoms with Gasteiger partial charge in [0, 0.05) is 17.3 Å². The molecule has 4 aromatic rings. The van der Waals surface area contributed by atoms with Crippen molar-refractivity contribution in [2.45, 2.75) is 11.6 Å². The van der Waals surface area contributed by atoms with E-state index in [-0.39, 0.29) is 0 Å². The minimum atomic E-state index is -0.432. The van der Waals surface area contributed by atoms with Crippen LogP contribution in [-0.2, 0) is 6.54 Å². The molecule has 0 aliphatic rings. The van der Waals surface area contributed by atoms with Crippen molar-refractivity contribution in [3.05, 3.63) is 89.6 Å². The van der Waals surface area contributed by atoms with Crippen LogP contribution in [0.15, 0.2) is 78.0 Å². The molecular weight excluding hydrogens is 426 g/mol. The summed E-state index contributed by atoms with van der Waals surface area (Å²) < 4.78 is 0. The lowest BCUT2D eigenvalue weighted by Gasteiger charge is -2.09. The number of benzene rings is 2. The zero-order valence-electron chi connectivity index (χ0n) is 17.1. The van der Waals surface area contributed by atoms with Gasteiger partial charge in [-0.25, -0.2) is 4.98 Å². The first-order valence-electron chi connectivity index (χ1n) is 9.66. The molecule has 0 aliphatic heterocycles. The quantitative estimate of drug-likeness (QED) is 0.346. The molecule has 0 aliphatic carbocycles. The topological polar surface area (TPSA) is 115 Å². The fraction of sp³-hybridized carbons (Fsp3) is 0.0909. The molecule has 0 radical (unpaired) electrons. The molecule has 0 saturated heterocycles. The Kier molecular flexibility index (Phi) is 6.52. The molecule has 2 heterocycles. The van der Waals surface area contributed by atoms with E-state index in [4.69, 9.17) is 0 Å². The third-order valence-electron chi connectivity index (χ3n) is 4.52. The maximum Gasteiger partial charge on any atom is 0.272 e. The second-order valence-corrected chi connectivity index (χ2v) is 7.47. The van der Waals surface area contributed by atoms with Gasteiger partial charge in [-0.3, -0.25) is 20.4 Å². The van der Waals surface area contributed by atoms with Crippen LogP contribution in [0.5, 0.6) is 0 Å². The third-order valence-corrected chi connectivity index (χ3v) is 5.24. The number of amides is 2. The number of hydrogen-bond acceptors (Lipinski definition) is 7. The normalized spacial score (nSPS) is 10.5. The highest BCUT2D eigenvalue weighted by molar-refractivity contribution is 7.98. The fourth-order valence-electron chi connectivity index (χ4n) is 2.92. The summed E-state index contributed by atoms with van der Waals surface area (Å²) in [5, 5.41) is 13.1. The van der Waals surface area contributed by atoms with E-state index in [1.54, 1.807) is 42.6 Å². The van der Waals surface area contributed by atoms with E-state index >= 15 is 0 Å². The summed E-state index contributed by atoms with van der Waals surface area (Å²) in [6.45, 7) is 0.414. The number of thioether (sulfide) groups is 1. The molecule has 0 spiro atoms. The van der Waals surface area contributed by atoms with Crippen molar-refractivity contribution < 1.29 is 9.59 Å². The smallest absolute Gasteiger partial charge is 0.267 e. The van der Waals surface area contributed by atoms with Crippen LogP contribution in [0.4, 0.5) is 0 Å². The molecule has 2 aromatic carbocycles. The Balaban J connectivity index is 1.35. The second kappa shape index (κ2) is 9.84. The molecule has 9 nitrogen and oxygen atoms in total. The van der Waals surface area contributed by atoms with Crippen molar-refractivity contribution in [3.63, 3.8) is 0 Å². The van der Waals surface area contributed by atoms with Crippen LogP contribution in [0, 0.1) is 0 Å². The molecule has 0 fully saturated rings. The van der Waals surface area contributed by atoms with Gasteiger partial charge < -0.3 is 0 Å². The number of hydrazine groups is 1. The monoisotopic (exact) mass is 445 g/mol. The summed E-state index contributed by atoms with van der Waals surface area (Å²) in [6, 6.07) is 19.9. The molecule has 0 unspecified atom stereocenters. The number of carbonyl (C=O) groups is 2. The van der Waals surface area contributed by atoms with Gasteiger partial charge in [-0.15, -0.1) is 22.0 Å². The number of pyridine rings is 1. The van der Waals surface area contributed by atoms with E-state index in [2.05, 4.69) is 31.2 Å². The van der Waals surface area contributed by atoms with Crippen molar-refractivity contribution in [2.24, 2.45) is 0 Å². The van der Waals surface area contributed by atoms with E-state index in [1.165, 1.54) is 16.6 Å². The molecule has 2 amide bonds. The van der Waals surface area contributed by atoms with E-state index in [0.717, 1.165) is 11.1 Å². The minimum absolute atomic E-state index is 0.394. The molecule has 2 N–H and O–H groups in total. The van der Waals surface area contributed by atoms with Crippen LogP contribution in [0.2, 0.25) is 0 Å². The van der Waals surface area contributed by atoms with Gasteiger partial charge in [-0.05, 0) is 41.3 Å². The lowest BCUT2D eigenvalue weighted by molar-refractivity contribution is 0.0844. The molecule has 0 bridgehead atoms. The van der Waals surface area contributed by atoms with E-state index in [9.17, 15) is 9.59 Å². The van der Waals surface area contributed by atoms with E-state index in [1.807, 2.05) is 36.6 Å². The Hall–Kier alpha value is -4.05. The lowest BCUT2D eigenvalue weighted by atomic mass is 10.1. The van der Waals surface area contributed by atoms with Gasteiger partial charge in [-0.1, -0.05) is 42.5 Å². The van der Waals surface area contributed by atoms with Crippen molar-refractivity contribution >= 4 is 23.6 Å². The Morgan fingerprint density at radius 2 is 1.69 bits per heavy atom. The molecule has 2 aromatic heterocycles. The minimum Gasteiger partial charge on any atom is -0.267 e. The molecule has 32 heavy (non-hydrogen) atoms. The zero-order valence-corrected chi connectivity index (χ0v) is 17.9. The van der Waals surface area contributed by atoms with Gasteiger partial charge in [0.2, 0.25) is 5.82 Å². The maximum atomic E-state index is 12.4. The first-order valence-corrected chi connectivity index (χ1v) is 10.9. The highest BCUT2D eigenvalue weighted by Gasteiger charge is 2.13. The summed E-state index contributed by atoms with van der Waals surface area (Å²) >= 11 is 1.36. The predicted octanol–water partition coefficient (Wildman–Crippen LogP) is 2.58. The molecular formula is C22H19N7O2S. The average molecular weight is 446 g/mol. The molecule has 160 valence electrons. The second-order valence-electron chi connectivity index (χ2n) is 6.67. The van der Waals surface area contributed by atoms with Gasteiger partial charge in [0.05, 0.1) is 12.1 Å². The highest BCUT2D eigenvalue weighted by Crippen LogP contribution is 2.16. The Labute approximate surface area is 188 Å². The van der Waals surface area contributed by atoms with Gasteiger partial charge in [0.25, 0.3) is 11.8 Å². The standard InChI is InChI=1S/C22H19N7O2S/c1-32-22-18(8-5-13-23-22)21(31)26-25-20(30)17-11-9-15(10-12-17)14-29-27-19(24-28-29)16-6-3-2-4-7-16/h2-13H,14H2,1H3,(H,25,30)(H,26,31). The van der Waals surface area contributed by atoms with E-state index < -0.39 is 11.8 Å². The highest BCUT2D eigenvalue weighted by atomic mass is 32.2. The summed E-state index contributed by atoms with van der Waals surface area (Å²) in [7, 11) is 0. The van der Waals surface area contributed by atoms with Crippen LogP contribution in [0.1, 0.15) is 26.3 Å². The lowest BCUT2D eigenvalue weighted by Crippen LogP contribution is -2.41. The Morgan fingerprint density at radius 1 is 0.938 bits per heavy atom. The van der Waals surface area contributed by atoms with Crippen molar-refractivity contribution in [3.8, 4) is 11.4 Å². The van der Waals surface area contributed by atoms with Gasteiger partial charge in [0.1, 0.15) is 5.03 Å². The van der Waals surface area contributed by atoms with Crippen LogP contribution in [0.3, 0.4) is 0 Å². The van der Waals surface area contributed by atoms with Crippen LogP contribution < -0.4 is 10.9 Å². The summed E-state index contributed by atoms with van der Waals surface area (Å²) in [4.78, 5) is 30.3. The third kappa shape index (κ3) is 4.98. The number of nitrogens with zero attached hydrogens (tertiary/aromatic N) is 5. The summed E-state index contributed by atoms with van der Waals surface area (Å²) in [5.74, 6) is -0.306. The number of hydrogen-bond donors (Lipinski definition) is 2. The van der Waals surface area contributed by atoms with Crippen molar-refractivity contribution in [1.82, 2.24) is 36.0 Å². The summed E-state index contributed by atoms with van der Waals surface area (Å²) in [6.07, 6.45) is 3.44. The van der Waals surface area contributed by atoms with Gasteiger partial charge in [-0.2, -0.15) is 4.80 Å².